The van der Waals surface area contributed by atoms with Gasteiger partial charge in [-0.05, 0) is 60.2 Å². The number of nitrogens with zero attached hydrogens (tertiary/aromatic N) is 3. The Morgan fingerprint density at radius 1 is 0.875 bits per heavy atom. The topological polar surface area (TPSA) is 59.8 Å². The van der Waals surface area contributed by atoms with Crippen LogP contribution in [0.4, 0.5) is 5.69 Å². The van der Waals surface area contributed by atoms with Crippen LogP contribution >= 0.6 is 11.6 Å². The van der Waals surface area contributed by atoms with Crippen molar-refractivity contribution in [2.75, 3.05) is 5.32 Å². The summed E-state index contributed by atoms with van der Waals surface area (Å²) in [6, 6.07) is 29.0. The SMILES string of the molecule is Cc1cccc(-c2nc(C(=O)Nc3ccc4ccccc4c3)nn2-c2ccc(Cl)cc2)c1. The molecule has 4 aromatic carbocycles. The number of aryl methyl sites for hydroxylation is 1. The highest BCUT2D eigenvalue weighted by Gasteiger charge is 2.19. The van der Waals surface area contributed by atoms with Crippen molar-refractivity contribution in [3.8, 4) is 17.1 Å². The van der Waals surface area contributed by atoms with Gasteiger partial charge in [0.15, 0.2) is 5.82 Å². The Balaban J connectivity index is 1.53. The molecule has 0 bridgehead atoms. The molecule has 0 saturated carbocycles. The first kappa shape index (κ1) is 20.0. The van der Waals surface area contributed by atoms with Crippen molar-refractivity contribution < 1.29 is 4.79 Å². The summed E-state index contributed by atoms with van der Waals surface area (Å²) in [5.74, 6) is 0.297. The molecule has 0 aliphatic heterocycles. The molecule has 0 atom stereocenters. The number of nitrogens with one attached hydrogen (secondary N) is 1. The Labute approximate surface area is 190 Å². The van der Waals surface area contributed by atoms with Crippen molar-refractivity contribution in [2.24, 2.45) is 0 Å². The van der Waals surface area contributed by atoms with Crippen LogP contribution in [0.2, 0.25) is 5.02 Å². The average molecular weight is 439 g/mol. The van der Waals surface area contributed by atoms with E-state index in [9.17, 15) is 4.79 Å². The van der Waals surface area contributed by atoms with Crippen molar-refractivity contribution in [1.29, 1.82) is 0 Å². The van der Waals surface area contributed by atoms with E-state index in [-0.39, 0.29) is 11.7 Å². The van der Waals surface area contributed by atoms with Crippen LogP contribution in [0.25, 0.3) is 27.8 Å². The maximum absolute atomic E-state index is 13.0. The molecular formula is C26H19ClN4O. The lowest BCUT2D eigenvalue weighted by atomic mass is 10.1. The number of hydrogen-bond acceptors (Lipinski definition) is 3. The highest BCUT2D eigenvalue weighted by atomic mass is 35.5. The molecule has 1 N–H and O–H groups in total. The van der Waals surface area contributed by atoms with Crippen LogP contribution in [-0.2, 0) is 0 Å². The molecular weight excluding hydrogens is 420 g/mol. The first-order chi connectivity index (χ1) is 15.6. The van der Waals surface area contributed by atoms with Gasteiger partial charge in [-0.1, -0.05) is 65.7 Å². The molecule has 1 heterocycles. The van der Waals surface area contributed by atoms with Gasteiger partial charge in [-0.2, -0.15) is 0 Å². The number of carbonyl (C=O) groups is 1. The first-order valence-corrected chi connectivity index (χ1v) is 10.5. The number of hydrogen-bond donors (Lipinski definition) is 1. The molecule has 0 aliphatic carbocycles. The molecule has 6 heteroatoms. The molecule has 0 fully saturated rings. The molecule has 0 aliphatic rings. The van der Waals surface area contributed by atoms with E-state index < -0.39 is 0 Å². The number of amides is 1. The highest BCUT2D eigenvalue weighted by Crippen LogP contribution is 2.24. The summed E-state index contributed by atoms with van der Waals surface area (Å²) in [6.45, 7) is 2.01. The predicted octanol–water partition coefficient (Wildman–Crippen LogP) is 6.30. The average Bonchev–Trinajstić information content (AvgIpc) is 3.25. The van der Waals surface area contributed by atoms with E-state index in [1.165, 1.54) is 0 Å². The highest BCUT2D eigenvalue weighted by molar-refractivity contribution is 6.30. The fourth-order valence-electron chi connectivity index (χ4n) is 3.60. The van der Waals surface area contributed by atoms with Crippen LogP contribution in [-0.4, -0.2) is 20.7 Å². The zero-order valence-corrected chi connectivity index (χ0v) is 18.0. The lowest BCUT2D eigenvalue weighted by molar-refractivity contribution is 0.101. The summed E-state index contributed by atoms with van der Waals surface area (Å²) >= 11 is 6.05. The number of halogens is 1. The second-order valence-corrected chi connectivity index (χ2v) is 7.97. The summed E-state index contributed by atoms with van der Waals surface area (Å²) in [7, 11) is 0. The molecule has 5 aromatic rings. The third-order valence-electron chi connectivity index (χ3n) is 5.17. The van der Waals surface area contributed by atoms with Crippen molar-refractivity contribution in [2.45, 2.75) is 6.92 Å². The molecule has 0 saturated heterocycles. The number of rotatable bonds is 4. The van der Waals surface area contributed by atoms with Crippen molar-refractivity contribution >= 4 is 34.0 Å². The molecule has 32 heavy (non-hydrogen) atoms. The molecule has 5 rings (SSSR count). The molecule has 156 valence electrons. The zero-order valence-electron chi connectivity index (χ0n) is 17.3. The minimum atomic E-state index is -0.373. The van der Waals surface area contributed by atoms with Crippen LogP contribution in [0.1, 0.15) is 16.2 Å². The van der Waals surface area contributed by atoms with Gasteiger partial charge in [0.05, 0.1) is 5.69 Å². The molecule has 0 spiro atoms. The van der Waals surface area contributed by atoms with Gasteiger partial charge in [0, 0.05) is 16.3 Å². The lowest BCUT2D eigenvalue weighted by Crippen LogP contribution is -2.14. The fourth-order valence-corrected chi connectivity index (χ4v) is 3.72. The lowest BCUT2D eigenvalue weighted by Gasteiger charge is -2.06. The minimum absolute atomic E-state index is 0.0876. The molecule has 1 aromatic heterocycles. The second kappa shape index (κ2) is 8.29. The number of carbonyl (C=O) groups excluding carboxylic acids is 1. The minimum Gasteiger partial charge on any atom is -0.319 e. The summed E-state index contributed by atoms with van der Waals surface area (Å²) < 4.78 is 1.67. The molecule has 0 radical (unpaired) electrons. The maximum atomic E-state index is 13.0. The van der Waals surface area contributed by atoms with Crippen LogP contribution in [0.15, 0.2) is 91.0 Å². The Hall–Kier alpha value is -3.96. The Morgan fingerprint density at radius 2 is 1.66 bits per heavy atom. The predicted molar refractivity (Wildman–Crippen MR) is 128 cm³/mol. The first-order valence-electron chi connectivity index (χ1n) is 10.2. The monoisotopic (exact) mass is 438 g/mol. The normalized spacial score (nSPS) is 10.9. The number of anilines is 1. The number of fused-ring (bicyclic) bond motifs is 1. The number of benzene rings is 4. The van der Waals surface area contributed by atoms with Gasteiger partial charge in [-0.3, -0.25) is 4.79 Å². The van der Waals surface area contributed by atoms with E-state index in [4.69, 9.17) is 11.6 Å². The van der Waals surface area contributed by atoms with Gasteiger partial charge < -0.3 is 5.32 Å². The Morgan fingerprint density at radius 3 is 2.44 bits per heavy atom. The quantitative estimate of drug-likeness (QED) is 0.358. The van der Waals surface area contributed by atoms with Crippen molar-refractivity contribution in [1.82, 2.24) is 14.8 Å². The van der Waals surface area contributed by atoms with E-state index in [1.54, 1.807) is 16.8 Å². The van der Waals surface area contributed by atoms with Gasteiger partial charge in [0.1, 0.15) is 0 Å². The molecule has 1 amide bonds. The van der Waals surface area contributed by atoms with Gasteiger partial charge in [-0.25, -0.2) is 9.67 Å². The van der Waals surface area contributed by atoms with E-state index in [1.807, 2.05) is 85.8 Å². The van der Waals surface area contributed by atoms with Gasteiger partial charge in [-0.15, -0.1) is 5.10 Å². The van der Waals surface area contributed by atoms with Crippen LogP contribution in [0, 0.1) is 6.92 Å². The third-order valence-corrected chi connectivity index (χ3v) is 5.42. The Kier molecular flexibility index (Phi) is 5.17. The van der Waals surface area contributed by atoms with Crippen LogP contribution < -0.4 is 5.32 Å². The molecule has 0 unspecified atom stereocenters. The second-order valence-electron chi connectivity index (χ2n) is 7.53. The van der Waals surface area contributed by atoms with Gasteiger partial charge >= 0.3 is 0 Å². The third kappa shape index (κ3) is 3.98. The summed E-state index contributed by atoms with van der Waals surface area (Å²) in [5, 5.41) is 10.2. The Bertz CT molecular complexity index is 1440. The van der Waals surface area contributed by atoms with Gasteiger partial charge in [0.2, 0.25) is 5.82 Å². The van der Waals surface area contributed by atoms with E-state index >= 15 is 0 Å². The van der Waals surface area contributed by atoms with E-state index in [2.05, 4.69) is 15.4 Å². The zero-order chi connectivity index (χ0) is 22.1. The van der Waals surface area contributed by atoms with Gasteiger partial charge in [0.25, 0.3) is 5.91 Å². The number of aromatic nitrogens is 3. The summed E-state index contributed by atoms with van der Waals surface area (Å²) in [5.41, 5.74) is 3.42. The van der Waals surface area contributed by atoms with Crippen molar-refractivity contribution in [3.05, 3.63) is 107 Å². The summed E-state index contributed by atoms with van der Waals surface area (Å²) in [4.78, 5) is 17.6. The van der Waals surface area contributed by atoms with E-state index in [0.717, 1.165) is 27.6 Å². The fraction of sp³-hybridized carbons (Fsp3) is 0.0385. The van der Waals surface area contributed by atoms with Crippen LogP contribution in [0.3, 0.4) is 0 Å². The van der Waals surface area contributed by atoms with E-state index in [0.29, 0.717) is 16.5 Å². The smallest absolute Gasteiger partial charge is 0.295 e. The van der Waals surface area contributed by atoms with Crippen molar-refractivity contribution in [3.63, 3.8) is 0 Å². The van der Waals surface area contributed by atoms with Crippen LogP contribution in [0.5, 0.6) is 0 Å². The standard InChI is InChI=1S/C26H19ClN4O/c1-17-5-4-8-20(15-17)25-29-24(30-31(25)23-13-10-21(27)11-14-23)26(32)28-22-12-9-18-6-2-3-7-19(18)16-22/h2-16H,1H3,(H,28,32). The largest absolute Gasteiger partial charge is 0.319 e. The maximum Gasteiger partial charge on any atom is 0.295 e. The summed E-state index contributed by atoms with van der Waals surface area (Å²) in [6.07, 6.45) is 0. The molecule has 5 nitrogen and oxygen atoms in total.